The number of nitrogens with zero attached hydrogens (tertiary/aromatic N) is 2. The lowest BCUT2D eigenvalue weighted by molar-refractivity contribution is 0.0780. The molecule has 0 spiro atoms. The predicted molar refractivity (Wildman–Crippen MR) is 79.4 cm³/mol. The normalized spacial score (nSPS) is 19.1. The van der Waals surface area contributed by atoms with Crippen LogP contribution in [0.1, 0.15) is 30.8 Å². The Balaban J connectivity index is 1.88. The van der Waals surface area contributed by atoms with Crippen LogP contribution in [-0.2, 0) is 0 Å². The van der Waals surface area contributed by atoms with Crippen molar-refractivity contribution < 1.29 is 4.79 Å². The number of carbonyl (C=O) groups excluding carboxylic acids is 1. The first kappa shape index (κ1) is 13.0. The molecule has 106 valence electrons. The van der Waals surface area contributed by atoms with Gasteiger partial charge in [-0.15, -0.1) is 0 Å². The number of hydrogen-bond donors (Lipinski definition) is 2. The number of nitrogens with one attached hydrogen (secondary N) is 1. The highest BCUT2D eigenvalue weighted by atomic mass is 16.2. The third-order valence-corrected chi connectivity index (χ3v) is 4.24. The zero-order chi connectivity index (χ0) is 14.3. The topological polar surface area (TPSA) is 75.0 Å². The molecule has 0 bridgehead atoms. The molecule has 1 atom stereocenters. The van der Waals surface area contributed by atoms with E-state index in [4.69, 9.17) is 5.73 Å². The minimum atomic E-state index is 0.00463. The van der Waals surface area contributed by atoms with Gasteiger partial charge >= 0.3 is 0 Å². The van der Waals surface area contributed by atoms with Crippen LogP contribution in [0, 0.1) is 11.8 Å². The minimum Gasteiger partial charge on any atom is -0.399 e. The largest absolute Gasteiger partial charge is 0.399 e. The number of hydrogen-bond acceptors (Lipinski definition) is 3. The number of nitrogen functional groups attached to an aromatic ring is 1. The number of rotatable bonds is 2. The quantitative estimate of drug-likeness (QED) is 0.823. The van der Waals surface area contributed by atoms with Crippen molar-refractivity contribution in [3.8, 4) is 0 Å². The van der Waals surface area contributed by atoms with Gasteiger partial charge in [0.2, 0.25) is 0 Å². The summed E-state index contributed by atoms with van der Waals surface area (Å²) in [6, 6.07) is 5.47. The van der Waals surface area contributed by atoms with Crippen LogP contribution in [0.3, 0.4) is 0 Å². The van der Waals surface area contributed by atoms with Gasteiger partial charge in [-0.25, -0.2) is 0 Å². The summed E-state index contributed by atoms with van der Waals surface area (Å²) in [5, 5.41) is 7.89. The second-order valence-corrected chi connectivity index (χ2v) is 5.92. The average Bonchev–Trinajstić information content (AvgIpc) is 3.04. The first-order chi connectivity index (χ1) is 9.56. The van der Waals surface area contributed by atoms with E-state index in [1.807, 2.05) is 17.0 Å². The number of benzene rings is 1. The Morgan fingerprint density at radius 3 is 3.00 bits per heavy atom. The molecule has 2 aromatic rings. The van der Waals surface area contributed by atoms with Crippen molar-refractivity contribution >= 4 is 22.5 Å². The van der Waals surface area contributed by atoms with Gasteiger partial charge in [0.1, 0.15) is 0 Å². The Morgan fingerprint density at radius 1 is 1.50 bits per heavy atom. The van der Waals surface area contributed by atoms with Crippen LogP contribution in [-0.4, -0.2) is 34.1 Å². The maximum atomic E-state index is 12.6. The summed E-state index contributed by atoms with van der Waals surface area (Å²) in [7, 11) is 0. The Bertz CT molecular complexity index is 646. The van der Waals surface area contributed by atoms with Crippen LogP contribution in [0.15, 0.2) is 18.2 Å². The highest BCUT2D eigenvalue weighted by molar-refractivity contribution is 6.05. The zero-order valence-electron chi connectivity index (χ0n) is 11.9. The van der Waals surface area contributed by atoms with E-state index in [0.717, 1.165) is 30.4 Å². The number of likely N-dealkylation sites (tertiary alicyclic amines) is 1. The minimum absolute atomic E-state index is 0.00463. The summed E-state index contributed by atoms with van der Waals surface area (Å²) in [6.45, 7) is 6.07. The highest BCUT2D eigenvalue weighted by Crippen LogP contribution is 2.26. The number of fused-ring (bicyclic) bond motifs is 1. The van der Waals surface area contributed by atoms with Crippen molar-refractivity contribution in [1.82, 2.24) is 15.1 Å². The maximum Gasteiger partial charge on any atom is 0.275 e. The fourth-order valence-corrected chi connectivity index (χ4v) is 2.86. The Hall–Kier alpha value is -2.04. The van der Waals surface area contributed by atoms with Gasteiger partial charge in [0.25, 0.3) is 5.91 Å². The second kappa shape index (κ2) is 4.81. The molecule has 1 fully saturated rings. The van der Waals surface area contributed by atoms with Gasteiger partial charge in [-0.2, -0.15) is 5.10 Å². The Kier molecular flexibility index (Phi) is 3.12. The van der Waals surface area contributed by atoms with Crippen LogP contribution in [0.25, 0.3) is 10.9 Å². The number of amides is 1. The molecule has 0 radical (unpaired) electrons. The van der Waals surface area contributed by atoms with Crippen molar-refractivity contribution in [3.63, 3.8) is 0 Å². The van der Waals surface area contributed by atoms with E-state index in [0.29, 0.717) is 23.2 Å². The summed E-state index contributed by atoms with van der Waals surface area (Å²) in [5.41, 5.74) is 7.78. The van der Waals surface area contributed by atoms with Crippen molar-refractivity contribution in [2.75, 3.05) is 18.8 Å². The van der Waals surface area contributed by atoms with Crippen LogP contribution < -0.4 is 5.73 Å². The van der Waals surface area contributed by atoms with Crippen LogP contribution in [0.5, 0.6) is 0 Å². The molecule has 1 aliphatic heterocycles. The van der Waals surface area contributed by atoms with Gasteiger partial charge in [0.15, 0.2) is 5.69 Å². The molecule has 5 nitrogen and oxygen atoms in total. The number of aromatic amines is 1. The SMILES string of the molecule is CC(C)C1CCN(C(=O)c2n[nH]c3ccc(N)cc23)C1. The van der Waals surface area contributed by atoms with E-state index in [2.05, 4.69) is 24.0 Å². The summed E-state index contributed by atoms with van der Waals surface area (Å²) in [6.07, 6.45) is 1.08. The maximum absolute atomic E-state index is 12.6. The van der Waals surface area contributed by atoms with Crippen LogP contribution in [0.2, 0.25) is 0 Å². The van der Waals surface area contributed by atoms with Gasteiger partial charge in [0, 0.05) is 24.2 Å². The van der Waals surface area contributed by atoms with E-state index < -0.39 is 0 Å². The molecular weight excluding hydrogens is 252 g/mol. The van der Waals surface area contributed by atoms with Crippen LogP contribution >= 0.6 is 0 Å². The van der Waals surface area contributed by atoms with E-state index in [9.17, 15) is 4.79 Å². The molecule has 1 aliphatic rings. The third-order valence-electron chi connectivity index (χ3n) is 4.24. The van der Waals surface area contributed by atoms with Gasteiger partial charge in [-0.1, -0.05) is 13.8 Å². The molecule has 0 saturated carbocycles. The van der Waals surface area contributed by atoms with Gasteiger partial charge in [-0.3, -0.25) is 9.89 Å². The Labute approximate surface area is 118 Å². The smallest absolute Gasteiger partial charge is 0.275 e. The summed E-state index contributed by atoms with van der Waals surface area (Å²) >= 11 is 0. The lowest BCUT2D eigenvalue weighted by Crippen LogP contribution is -2.29. The standard InChI is InChI=1S/C15H20N4O/c1-9(2)10-5-6-19(8-10)15(20)14-12-7-11(16)3-4-13(12)17-18-14/h3-4,7,9-10H,5-6,8,16H2,1-2H3,(H,17,18). The van der Waals surface area contributed by atoms with E-state index >= 15 is 0 Å². The number of aromatic nitrogens is 2. The van der Waals surface area contributed by atoms with Crippen molar-refractivity contribution in [2.24, 2.45) is 11.8 Å². The molecule has 1 saturated heterocycles. The van der Waals surface area contributed by atoms with Crippen molar-refractivity contribution in [1.29, 1.82) is 0 Å². The number of carbonyl (C=O) groups is 1. The molecule has 20 heavy (non-hydrogen) atoms. The lowest BCUT2D eigenvalue weighted by atomic mass is 9.95. The summed E-state index contributed by atoms with van der Waals surface area (Å²) < 4.78 is 0. The van der Waals surface area contributed by atoms with Crippen molar-refractivity contribution in [3.05, 3.63) is 23.9 Å². The second-order valence-electron chi connectivity index (χ2n) is 5.92. The van der Waals surface area contributed by atoms with E-state index in [1.54, 1.807) is 6.07 Å². The van der Waals surface area contributed by atoms with Gasteiger partial charge in [-0.05, 0) is 36.5 Å². The number of H-pyrrole nitrogens is 1. The first-order valence-electron chi connectivity index (χ1n) is 7.09. The Morgan fingerprint density at radius 2 is 2.30 bits per heavy atom. The number of anilines is 1. The zero-order valence-corrected chi connectivity index (χ0v) is 11.9. The molecule has 0 aliphatic carbocycles. The fourth-order valence-electron chi connectivity index (χ4n) is 2.86. The van der Waals surface area contributed by atoms with Crippen LogP contribution in [0.4, 0.5) is 5.69 Å². The lowest BCUT2D eigenvalue weighted by Gasteiger charge is -2.17. The molecule has 1 amide bonds. The molecule has 2 heterocycles. The molecule has 3 N–H and O–H groups in total. The molecular formula is C15H20N4O. The van der Waals surface area contributed by atoms with Crippen molar-refractivity contribution in [2.45, 2.75) is 20.3 Å². The molecule has 5 heteroatoms. The van der Waals surface area contributed by atoms with E-state index in [1.165, 1.54) is 0 Å². The summed E-state index contributed by atoms with van der Waals surface area (Å²) in [4.78, 5) is 14.5. The van der Waals surface area contributed by atoms with E-state index in [-0.39, 0.29) is 5.91 Å². The summed E-state index contributed by atoms with van der Waals surface area (Å²) in [5.74, 6) is 1.21. The molecule has 3 rings (SSSR count). The number of nitrogens with two attached hydrogens (primary N) is 1. The monoisotopic (exact) mass is 272 g/mol. The third kappa shape index (κ3) is 2.13. The first-order valence-corrected chi connectivity index (χ1v) is 7.09. The average molecular weight is 272 g/mol. The fraction of sp³-hybridized carbons (Fsp3) is 0.467. The molecule has 1 aromatic heterocycles. The molecule has 1 unspecified atom stereocenters. The van der Waals surface area contributed by atoms with Gasteiger partial charge < -0.3 is 10.6 Å². The van der Waals surface area contributed by atoms with Gasteiger partial charge in [0.05, 0.1) is 5.52 Å². The molecule has 1 aromatic carbocycles. The highest BCUT2D eigenvalue weighted by Gasteiger charge is 2.30. The predicted octanol–water partition coefficient (Wildman–Crippen LogP) is 2.26.